The Labute approximate surface area is 204 Å². The summed E-state index contributed by atoms with van der Waals surface area (Å²) < 4.78 is 27.2. The molecule has 1 aromatic heterocycles. The number of aryl methyl sites for hydroxylation is 1. The van der Waals surface area contributed by atoms with Crippen molar-refractivity contribution in [1.82, 2.24) is 4.98 Å². The quantitative estimate of drug-likeness (QED) is 0.338. The lowest BCUT2D eigenvalue weighted by Gasteiger charge is -2.45. The molecular formula is C24H31F2N5O3Si-. The van der Waals surface area contributed by atoms with E-state index in [1.54, 1.807) is 11.0 Å². The van der Waals surface area contributed by atoms with E-state index in [1.165, 1.54) is 18.2 Å². The van der Waals surface area contributed by atoms with Crippen LogP contribution in [0.25, 0.3) is 0 Å². The zero-order valence-electron chi connectivity index (χ0n) is 20.3. The van der Waals surface area contributed by atoms with Gasteiger partial charge in [0.15, 0.2) is 0 Å². The highest BCUT2D eigenvalue weighted by Gasteiger charge is 2.34. The highest BCUT2D eigenvalue weighted by Crippen LogP contribution is 2.33. The highest BCUT2D eigenvalue weighted by atomic mass is 28.3. The zero-order valence-corrected chi connectivity index (χ0v) is 21.3. The van der Waals surface area contributed by atoms with E-state index in [0.29, 0.717) is 22.9 Å². The van der Waals surface area contributed by atoms with Crippen LogP contribution >= 0.6 is 0 Å². The molecule has 2 fully saturated rings. The molecule has 2 aliphatic rings. The molecule has 0 unspecified atom stereocenters. The Kier molecular flexibility index (Phi) is 6.81. The van der Waals surface area contributed by atoms with Gasteiger partial charge in [-0.2, -0.15) is 13.1 Å². The van der Waals surface area contributed by atoms with Crippen molar-refractivity contribution in [3.05, 3.63) is 51.6 Å². The molecule has 0 saturated carbocycles. The topological polar surface area (TPSA) is 91.6 Å². The average molecular weight is 504 g/mol. The molecule has 2 saturated heterocycles. The number of aromatic nitrogens is 1. The summed E-state index contributed by atoms with van der Waals surface area (Å²) in [6.45, 7) is 8.41. The van der Waals surface area contributed by atoms with Crippen molar-refractivity contribution in [3.63, 3.8) is 0 Å². The summed E-state index contributed by atoms with van der Waals surface area (Å²) in [5.74, 6) is -2.21. The Bertz CT molecular complexity index is 1120. The minimum atomic E-state index is -2.66. The predicted molar refractivity (Wildman–Crippen MR) is 136 cm³/mol. The zero-order chi connectivity index (χ0) is 25.4. The smallest absolute Gasteiger partial charge is 0.271 e. The van der Waals surface area contributed by atoms with Crippen molar-refractivity contribution in [1.29, 1.82) is 0 Å². The molecule has 2 aliphatic heterocycles. The van der Waals surface area contributed by atoms with Gasteiger partial charge in [-0.25, -0.2) is 13.8 Å². The maximum Gasteiger partial charge on any atom is 0.271 e. The Morgan fingerprint density at radius 3 is 2.37 bits per heavy atom. The molecule has 0 spiro atoms. The van der Waals surface area contributed by atoms with Crippen LogP contribution in [0.15, 0.2) is 30.3 Å². The van der Waals surface area contributed by atoms with Crippen molar-refractivity contribution in [2.75, 3.05) is 41.3 Å². The fraction of sp³-hybridized carbons (Fsp3) is 0.500. The molecular weight excluding hydrogens is 472 g/mol. The first kappa shape index (κ1) is 25.0. The highest BCUT2D eigenvalue weighted by molar-refractivity contribution is 6.77. The van der Waals surface area contributed by atoms with E-state index in [2.05, 4.69) is 28.3 Å². The van der Waals surface area contributed by atoms with Crippen LogP contribution in [0.5, 0.6) is 0 Å². The lowest BCUT2D eigenvalue weighted by molar-refractivity contribution is -0.384. The van der Waals surface area contributed by atoms with E-state index >= 15 is 0 Å². The lowest BCUT2D eigenvalue weighted by Crippen LogP contribution is -2.43. The van der Waals surface area contributed by atoms with Gasteiger partial charge in [0.25, 0.3) is 17.5 Å². The van der Waals surface area contributed by atoms with Crippen LogP contribution in [0.4, 0.5) is 31.8 Å². The number of nitrogens with one attached hydrogen (secondary N) is 1. The van der Waals surface area contributed by atoms with Gasteiger partial charge in [-0.05, 0) is 43.8 Å². The summed E-state index contributed by atoms with van der Waals surface area (Å²) in [6.07, 6.45) is -0.460. The van der Waals surface area contributed by atoms with Gasteiger partial charge in [0.1, 0.15) is 11.6 Å². The summed E-state index contributed by atoms with van der Waals surface area (Å²) in [4.78, 5) is 32.6. The van der Waals surface area contributed by atoms with Crippen molar-refractivity contribution in [2.45, 2.75) is 50.9 Å². The van der Waals surface area contributed by atoms with Gasteiger partial charge in [0.2, 0.25) is 0 Å². The molecule has 2 aromatic rings. The summed E-state index contributed by atoms with van der Waals surface area (Å²) in [5.41, 5.74) is 1.68. The van der Waals surface area contributed by atoms with Crippen LogP contribution in [0.2, 0.25) is 25.2 Å². The Morgan fingerprint density at radius 2 is 1.74 bits per heavy atom. The third-order valence-electron chi connectivity index (χ3n) is 6.91. The van der Waals surface area contributed by atoms with Crippen LogP contribution in [-0.2, 0) is 0 Å². The Balaban J connectivity index is 1.58. The van der Waals surface area contributed by atoms with Gasteiger partial charge in [-0.3, -0.25) is 14.9 Å². The third-order valence-corrected chi connectivity index (χ3v) is 10.1. The van der Waals surface area contributed by atoms with Gasteiger partial charge >= 0.3 is 0 Å². The molecule has 3 heterocycles. The molecule has 35 heavy (non-hydrogen) atoms. The molecule has 189 valence electrons. The van der Waals surface area contributed by atoms with Crippen molar-refractivity contribution >= 4 is 37.0 Å². The average Bonchev–Trinajstić information content (AvgIpc) is 2.78. The fourth-order valence-corrected chi connectivity index (χ4v) is 6.56. The van der Waals surface area contributed by atoms with E-state index in [-0.39, 0.29) is 31.6 Å². The first-order valence-electron chi connectivity index (χ1n) is 11.9. The predicted octanol–water partition coefficient (Wildman–Crippen LogP) is 5.31. The van der Waals surface area contributed by atoms with Crippen LogP contribution in [-0.4, -0.2) is 56.0 Å². The third kappa shape index (κ3) is 5.95. The number of carbonyl (C=O) groups is 1. The SMILES string of the molecule is Cc1cc(NC(=O)c2ccc([N+](=O)[O-])cc2N2CC[Si-](C)(C)CC2)nc(N2CCC(F)(F)CC2)c1. The molecule has 4 rings (SSSR count). The number of benzene rings is 1. The van der Waals surface area contributed by atoms with Gasteiger partial charge in [0, 0.05) is 38.1 Å². The second kappa shape index (κ2) is 9.52. The number of nitrogens with zero attached hydrogens (tertiary/aromatic N) is 4. The lowest BCUT2D eigenvalue weighted by atomic mass is 10.1. The largest absolute Gasteiger partial charge is 0.376 e. The Morgan fingerprint density at radius 1 is 1.09 bits per heavy atom. The molecule has 8 nitrogen and oxygen atoms in total. The monoisotopic (exact) mass is 503 g/mol. The van der Waals surface area contributed by atoms with Gasteiger partial charge < -0.3 is 15.1 Å². The number of alkyl halides is 2. The molecule has 1 amide bonds. The van der Waals surface area contributed by atoms with E-state index in [9.17, 15) is 23.7 Å². The summed E-state index contributed by atoms with van der Waals surface area (Å²) >= 11 is 0. The molecule has 1 aromatic carbocycles. The van der Waals surface area contributed by atoms with Crippen LogP contribution < -0.4 is 15.1 Å². The summed E-state index contributed by atoms with van der Waals surface area (Å²) in [6, 6.07) is 9.93. The van der Waals surface area contributed by atoms with Crippen molar-refractivity contribution in [3.8, 4) is 0 Å². The van der Waals surface area contributed by atoms with Crippen LogP contribution in [0.3, 0.4) is 0 Å². The van der Waals surface area contributed by atoms with Gasteiger partial charge in [-0.1, -0.05) is 0 Å². The van der Waals surface area contributed by atoms with E-state index in [1.807, 2.05) is 13.0 Å². The van der Waals surface area contributed by atoms with Crippen molar-refractivity contribution in [2.24, 2.45) is 0 Å². The minimum absolute atomic E-state index is 0.0588. The van der Waals surface area contributed by atoms with Gasteiger partial charge in [-0.15, -0.1) is 20.2 Å². The standard InChI is InChI=1S/C24H31F2N5O3Si/c1-17-14-21(27-22(15-17)30-8-6-24(25,26)7-9-30)28-23(32)19-5-4-18(31(33)34)16-20(19)29-10-12-35(2,3)13-11-29/h4-5,14-16H,6-13H2,1-3H3,(H,27,28,32)/q-1. The number of hydrogen-bond acceptors (Lipinski definition) is 6. The number of carbonyl (C=O) groups excluding carboxylic acids is 1. The second-order valence-corrected chi connectivity index (χ2v) is 15.6. The second-order valence-electron chi connectivity index (χ2n) is 10.3. The number of non-ortho nitro benzene ring substituents is 1. The summed E-state index contributed by atoms with van der Waals surface area (Å²) in [5, 5.41) is 14.2. The summed E-state index contributed by atoms with van der Waals surface area (Å²) in [7, 11) is -1.28. The first-order chi connectivity index (χ1) is 16.4. The number of nitro groups is 1. The molecule has 0 radical (unpaired) electrons. The number of halogens is 2. The number of pyridine rings is 1. The molecule has 1 N–H and O–H groups in total. The minimum Gasteiger partial charge on any atom is -0.376 e. The first-order valence-corrected chi connectivity index (χ1v) is 15.3. The van der Waals surface area contributed by atoms with Gasteiger partial charge in [0.05, 0.1) is 16.2 Å². The number of hydrogen-bond donors (Lipinski definition) is 1. The van der Waals surface area contributed by atoms with Crippen molar-refractivity contribution < 1.29 is 18.5 Å². The number of piperidine rings is 1. The normalized spacial score (nSPS) is 19.3. The van der Waals surface area contributed by atoms with E-state index < -0.39 is 24.8 Å². The number of anilines is 3. The van der Waals surface area contributed by atoms with Crippen LogP contribution in [0, 0.1) is 17.0 Å². The van der Waals surface area contributed by atoms with E-state index in [4.69, 9.17) is 0 Å². The molecule has 0 atom stereocenters. The molecule has 11 heteroatoms. The van der Waals surface area contributed by atoms with E-state index in [0.717, 1.165) is 30.7 Å². The molecule has 0 aliphatic carbocycles. The fourth-order valence-electron chi connectivity index (χ4n) is 4.56. The molecule has 0 bridgehead atoms. The number of amides is 1. The number of rotatable bonds is 5. The number of nitro benzene ring substituents is 1. The van der Waals surface area contributed by atoms with Crippen LogP contribution in [0.1, 0.15) is 28.8 Å². The Hall–Kier alpha value is -3.08. The maximum absolute atomic E-state index is 13.6. The maximum atomic E-state index is 13.6.